The van der Waals surface area contributed by atoms with Crippen LogP contribution in [0.3, 0.4) is 0 Å². The maximum Gasteiger partial charge on any atom is 0.182 e. The van der Waals surface area contributed by atoms with E-state index in [-0.39, 0.29) is 0 Å². The second-order valence-corrected chi connectivity index (χ2v) is 3.23. The number of nitrogens with zero attached hydrogens (tertiary/aromatic N) is 3. The van der Waals surface area contributed by atoms with Gasteiger partial charge in [0.25, 0.3) is 0 Å². The third-order valence-corrected chi connectivity index (χ3v) is 1.92. The Bertz CT molecular complexity index is 283. The number of hydrazine groups is 1. The monoisotopic (exact) mass is 199 g/mol. The molecule has 0 saturated carbocycles. The molecule has 6 heteroatoms. The molecule has 0 unspecified atom stereocenters. The zero-order valence-electron chi connectivity index (χ0n) is 8.82. The van der Waals surface area contributed by atoms with Gasteiger partial charge in [-0.3, -0.25) is 0 Å². The molecule has 1 heterocycles. The van der Waals surface area contributed by atoms with Gasteiger partial charge in [0.1, 0.15) is 0 Å². The average Bonchev–Trinajstić information content (AvgIpc) is 2.56. The molecule has 0 atom stereocenters. The summed E-state index contributed by atoms with van der Waals surface area (Å²) < 4.78 is 6.86. The summed E-state index contributed by atoms with van der Waals surface area (Å²) in [6, 6.07) is 0. The Hall–Kier alpha value is -1.27. The largest absolute Gasteiger partial charge is 0.491 e. The summed E-state index contributed by atoms with van der Waals surface area (Å²) in [5.41, 5.74) is 2.58. The number of rotatable bonds is 5. The highest BCUT2D eigenvalue weighted by Crippen LogP contribution is 2.21. The Kier molecular flexibility index (Phi) is 3.73. The van der Waals surface area contributed by atoms with Gasteiger partial charge in [0.2, 0.25) is 0 Å². The van der Waals surface area contributed by atoms with Crippen molar-refractivity contribution < 1.29 is 4.74 Å². The molecule has 1 aromatic heterocycles. The predicted octanol–water partition coefficient (Wildman–Crippen LogP) is -0.261. The first kappa shape index (κ1) is 10.8. The van der Waals surface area contributed by atoms with Crippen LogP contribution in [0.15, 0.2) is 6.20 Å². The third-order valence-electron chi connectivity index (χ3n) is 1.92. The normalized spacial score (nSPS) is 10.6. The Balaban J connectivity index is 2.71. The van der Waals surface area contributed by atoms with Gasteiger partial charge in [0, 0.05) is 6.54 Å². The number of hydrogen-bond acceptors (Lipinski definition) is 5. The van der Waals surface area contributed by atoms with Gasteiger partial charge in [-0.1, -0.05) is 0 Å². The molecule has 0 aromatic carbocycles. The summed E-state index contributed by atoms with van der Waals surface area (Å²) in [6.45, 7) is 1.68. The standard InChI is InChI=1S/C8H17N5O/c1-12(2)4-5-13-8(11-9)7(14-3)6-10-13/h6,11H,4-5,9H2,1-3H3. The summed E-state index contributed by atoms with van der Waals surface area (Å²) >= 11 is 0. The molecular formula is C8H17N5O. The summed E-state index contributed by atoms with van der Waals surface area (Å²) in [5, 5.41) is 4.15. The Morgan fingerprint density at radius 2 is 2.36 bits per heavy atom. The average molecular weight is 199 g/mol. The van der Waals surface area contributed by atoms with Crippen LogP contribution in [0.1, 0.15) is 0 Å². The lowest BCUT2D eigenvalue weighted by atomic mass is 10.5. The molecule has 0 fully saturated rings. The van der Waals surface area contributed by atoms with Crippen LogP contribution in [0.2, 0.25) is 0 Å². The fourth-order valence-corrected chi connectivity index (χ4v) is 1.13. The summed E-state index contributed by atoms with van der Waals surface area (Å²) in [6.07, 6.45) is 1.64. The van der Waals surface area contributed by atoms with Crippen molar-refractivity contribution in [3.8, 4) is 5.75 Å². The van der Waals surface area contributed by atoms with Crippen molar-refractivity contribution in [3.63, 3.8) is 0 Å². The minimum absolute atomic E-state index is 0.659. The predicted molar refractivity (Wildman–Crippen MR) is 55.1 cm³/mol. The molecule has 0 saturated heterocycles. The lowest BCUT2D eigenvalue weighted by Crippen LogP contribution is -2.21. The highest BCUT2D eigenvalue weighted by atomic mass is 16.5. The molecule has 14 heavy (non-hydrogen) atoms. The lowest BCUT2D eigenvalue weighted by Gasteiger charge is -2.11. The number of ether oxygens (including phenoxy) is 1. The van der Waals surface area contributed by atoms with Gasteiger partial charge in [-0.25, -0.2) is 10.5 Å². The molecule has 3 N–H and O–H groups in total. The van der Waals surface area contributed by atoms with Gasteiger partial charge in [-0.15, -0.1) is 0 Å². The zero-order chi connectivity index (χ0) is 10.6. The van der Waals surface area contributed by atoms with Gasteiger partial charge < -0.3 is 15.1 Å². The molecule has 1 aromatic rings. The van der Waals surface area contributed by atoms with Crippen molar-refractivity contribution in [2.24, 2.45) is 5.84 Å². The zero-order valence-corrected chi connectivity index (χ0v) is 8.82. The topological polar surface area (TPSA) is 68.3 Å². The van der Waals surface area contributed by atoms with E-state index in [9.17, 15) is 0 Å². The van der Waals surface area contributed by atoms with Crippen LogP contribution >= 0.6 is 0 Å². The van der Waals surface area contributed by atoms with Crippen LogP contribution in [0, 0.1) is 0 Å². The van der Waals surface area contributed by atoms with E-state index in [2.05, 4.69) is 15.4 Å². The quantitative estimate of drug-likeness (QED) is 0.505. The van der Waals surface area contributed by atoms with Gasteiger partial charge >= 0.3 is 0 Å². The highest BCUT2D eigenvalue weighted by molar-refractivity contribution is 5.48. The molecule has 0 aliphatic rings. The molecule has 0 spiro atoms. The minimum Gasteiger partial charge on any atom is -0.491 e. The van der Waals surface area contributed by atoms with Crippen molar-refractivity contribution in [1.82, 2.24) is 14.7 Å². The molecule has 0 radical (unpaired) electrons. The van der Waals surface area contributed by atoms with E-state index >= 15 is 0 Å². The van der Waals surface area contributed by atoms with Crippen molar-refractivity contribution in [3.05, 3.63) is 6.20 Å². The van der Waals surface area contributed by atoms with Crippen molar-refractivity contribution in [2.45, 2.75) is 6.54 Å². The van der Waals surface area contributed by atoms with E-state index in [0.29, 0.717) is 11.6 Å². The molecule has 0 bridgehead atoms. The fraction of sp³-hybridized carbons (Fsp3) is 0.625. The minimum atomic E-state index is 0.659. The number of methoxy groups -OCH3 is 1. The van der Waals surface area contributed by atoms with Crippen molar-refractivity contribution in [2.75, 3.05) is 33.2 Å². The molecule has 0 aliphatic heterocycles. The first-order valence-electron chi connectivity index (χ1n) is 4.40. The number of likely N-dealkylation sites (N-methyl/N-ethyl adjacent to an activating group) is 1. The van der Waals surface area contributed by atoms with Crippen molar-refractivity contribution >= 4 is 5.82 Å². The van der Waals surface area contributed by atoms with Gasteiger partial charge in [0.05, 0.1) is 19.9 Å². The maximum atomic E-state index is 5.37. The van der Waals surface area contributed by atoms with Crippen molar-refractivity contribution in [1.29, 1.82) is 0 Å². The number of nitrogens with one attached hydrogen (secondary N) is 1. The number of hydrogen-bond donors (Lipinski definition) is 2. The van der Waals surface area contributed by atoms with E-state index in [1.807, 2.05) is 14.1 Å². The van der Waals surface area contributed by atoms with Crippen LogP contribution < -0.4 is 16.0 Å². The molecule has 0 amide bonds. The van der Waals surface area contributed by atoms with Crippen LogP contribution in [0.5, 0.6) is 5.75 Å². The van der Waals surface area contributed by atoms with Crippen LogP contribution in [0.25, 0.3) is 0 Å². The maximum absolute atomic E-state index is 5.37. The van der Waals surface area contributed by atoms with Crippen LogP contribution in [0.4, 0.5) is 5.82 Å². The first-order valence-corrected chi connectivity index (χ1v) is 4.40. The van der Waals surface area contributed by atoms with E-state index in [1.54, 1.807) is 18.0 Å². The molecule has 0 aliphatic carbocycles. The van der Waals surface area contributed by atoms with E-state index in [0.717, 1.165) is 13.1 Å². The van der Waals surface area contributed by atoms with Gasteiger partial charge in [-0.2, -0.15) is 5.10 Å². The van der Waals surface area contributed by atoms with E-state index in [4.69, 9.17) is 10.6 Å². The van der Waals surface area contributed by atoms with E-state index in [1.165, 1.54) is 0 Å². The molecule has 1 rings (SSSR count). The lowest BCUT2D eigenvalue weighted by molar-refractivity contribution is 0.373. The first-order chi connectivity index (χ1) is 6.69. The fourth-order valence-electron chi connectivity index (χ4n) is 1.13. The molecular weight excluding hydrogens is 182 g/mol. The Labute approximate surface area is 83.6 Å². The second kappa shape index (κ2) is 4.83. The molecule has 80 valence electrons. The number of nitrogen functional groups attached to an aromatic ring is 1. The number of anilines is 1. The Morgan fingerprint density at radius 1 is 1.64 bits per heavy atom. The molecule has 6 nitrogen and oxygen atoms in total. The van der Waals surface area contributed by atoms with Gasteiger partial charge in [-0.05, 0) is 14.1 Å². The number of nitrogens with two attached hydrogens (primary N) is 1. The van der Waals surface area contributed by atoms with Crippen LogP contribution in [-0.2, 0) is 6.54 Å². The Morgan fingerprint density at radius 3 is 2.86 bits per heavy atom. The van der Waals surface area contributed by atoms with Crippen LogP contribution in [-0.4, -0.2) is 42.4 Å². The summed E-state index contributed by atoms with van der Waals surface area (Å²) in [4.78, 5) is 2.08. The third kappa shape index (κ3) is 2.36. The number of aromatic nitrogens is 2. The summed E-state index contributed by atoms with van der Waals surface area (Å²) in [5.74, 6) is 6.74. The SMILES string of the molecule is COc1cnn(CCN(C)C)c1NN. The summed E-state index contributed by atoms with van der Waals surface area (Å²) in [7, 11) is 5.61. The van der Waals surface area contributed by atoms with Gasteiger partial charge in [0.15, 0.2) is 11.6 Å². The highest BCUT2D eigenvalue weighted by Gasteiger charge is 2.09. The smallest absolute Gasteiger partial charge is 0.182 e. The second-order valence-electron chi connectivity index (χ2n) is 3.23. The van der Waals surface area contributed by atoms with E-state index < -0.39 is 0 Å².